The van der Waals surface area contributed by atoms with E-state index in [1.54, 1.807) is 0 Å². The highest BCUT2D eigenvalue weighted by molar-refractivity contribution is 5.87. The van der Waals surface area contributed by atoms with Gasteiger partial charge in [-0.15, -0.1) is 0 Å². The average molecular weight is 345 g/mol. The van der Waals surface area contributed by atoms with Crippen molar-refractivity contribution in [3.8, 4) is 0 Å². The number of fused-ring (bicyclic) bond motifs is 5. The minimum absolute atomic E-state index is 0.0919. The quantitative estimate of drug-likeness (QED) is 0.799. The molecule has 0 aromatic carbocycles. The van der Waals surface area contributed by atoms with Crippen molar-refractivity contribution in [1.82, 2.24) is 5.32 Å². The Balaban J connectivity index is 1.66. The van der Waals surface area contributed by atoms with Crippen LogP contribution in [0.3, 0.4) is 0 Å². The molecule has 4 fully saturated rings. The number of nitrogens with one attached hydrogen (secondary N) is 1. The fourth-order valence-electron chi connectivity index (χ4n) is 7.53. The number of carbonyl (C=O) groups is 3. The molecule has 4 aliphatic rings. The molecular weight excluding hydrogens is 314 g/mol. The molecule has 4 rings (SSSR count). The van der Waals surface area contributed by atoms with Crippen LogP contribution in [-0.2, 0) is 14.4 Å². The smallest absolute Gasteiger partial charge is 0.207 e. The Hall–Kier alpha value is -1.19. The molecule has 0 saturated heterocycles. The van der Waals surface area contributed by atoms with Gasteiger partial charge >= 0.3 is 0 Å². The van der Waals surface area contributed by atoms with Gasteiger partial charge in [0, 0.05) is 31.2 Å². The third-order valence-electron chi connectivity index (χ3n) is 8.95. The van der Waals surface area contributed by atoms with Crippen LogP contribution >= 0.6 is 0 Å². The highest BCUT2D eigenvalue weighted by atomic mass is 16.1. The predicted molar refractivity (Wildman–Crippen MR) is 94.7 cm³/mol. The van der Waals surface area contributed by atoms with Crippen molar-refractivity contribution in [2.24, 2.45) is 40.4 Å². The van der Waals surface area contributed by atoms with Crippen LogP contribution in [0.25, 0.3) is 0 Å². The van der Waals surface area contributed by atoms with Crippen molar-refractivity contribution in [2.75, 3.05) is 6.54 Å². The first-order valence-corrected chi connectivity index (χ1v) is 10.1. The van der Waals surface area contributed by atoms with Gasteiger partial charge in [-0.25, -0.2) is 0 Å². The van der Waals surface area contributed by atoms with Crippen LogP contribution in [0.5, 0.6) is 0 Å². The van der Waals surface area contributed by atoms with Gasteiger partial charge in [-0.1, -0.05) is 13.8 Å². The molecule has 0 heterocycles. The zero-order chi connectivity index (χ0) is 17.8. The van der Waals surface area contributed by atoms with E-state index in [-0.39, 0.29) is 16.7 Å². The van der Waals surface area contributed by atoms with Crippen LogP contribution in [0.15, 0.2) is 0 Å². The normalized spacial score (nSPS) is 49.1. The van der Waals surface area contributed by atoms with Gasteiger partial charge in [-0.05, 0) is 67.1 Å². The number of amides is 1. The van der Waals surface area contributed by atoms with E-state index in [4.69, 9.17) is 0 Å². The molecule has 0 spiro atoms. The lowest BCUT2D eigenvalue weighted by Crippen LogP contribution is -2.58. The Bertz CT molecular complexity index is 602. The van der Waals surface area contributed by atoms with Crippen LogP contribution in [0.4, 0.5) is 0 Å². The first kappa shape index (κ1) is 17.2. The standard InChI is InChI=1S/C21H31NO3/c1-20-8-7-18-16(17(20)5-6-19(20)25)4-3-13-9-15(24)10-14(11-22-12-23)21(13,18)2/h12-14,16-18H,3-11H2,1-2H3,(H,22,23)/t13?,14?,16-,17-,18-,20-,21+/m0/s1. The van der Waals surface area contributed by atoms with E-state index in [1.165, 1.54) is 6.42 Å². The van der Waals surface area contributed by atoms with E-state index in [0.717, 1.165) is 44.9 Å². The zero-order valence-electron chi connectivity index (χ0n) is 15.6. The summed E-state index contributed by atoms with van der Waals surface area (Å²) in [5, 5.41) is 2.87. The summed E-state index contributed by atoms with van der Waals surface area (Å²) in [7, 11) is 0. The molecule has 4 aliphatic carbocycles. The Morgan fingerprint density at radius 3 is 2.64 bits per heavy atom. The summed E-state index contributed by atoms with van der Waals surface area (Å²) in [6.07, 6.45) is 8.35. The molecule has 138 valence electrons. The number of ketones is 2. The van der Waals surface area contributed by atoms with Crippen molar-refractivity contribution in [3.05, 3.63) is 0 Å². The Morgan fingerprint density at radius 2 is 1.88 bits per heavy atom. The van der Waals surface area contributed by atoms with Gasteiger partial charge in [0.05, 0.1) is 0 Å². The van der Waals surface area contributed by atoms with E-state index in [1.807, 2.05) is 0 Å². The fourth-order valence-corrected chi connectivity index (χ4v) is 7.53. The SMILES string of the molecule is C[C@]12C(CC[C@@H]3[C@@H]1CC[C@]1(C)C(=O)CC[C@@H]31)CC(=O)CC2CNC=O. The molecule has 4 saturated carbocycles. The summed E-state index contributed by atoms with van der Waals surface area (Å²) in [5.74, 6) is 3.32. The first-order valence-electron chi connectivity index (χ1n) is 10.1. The van der Waals surface area contributed by atoms with Gasteiger partial charge in [0.15, 0.2) is 0 Å². The van der Waals surface area contributed by atoms with E-state index in [9.17, 15) is 14.4 Å². The molecular formula is C21H31NO3. The molecule has 0 aliphatic heterocycles. The molecule has 7 atom stereocenters. The van der Waals surface area contributed by atoms with E-state index in [0.29, 0.717) is 48.2 Å². The molecule has 0 radical (unpaired) electrons. The van der Waals surface area contributed by atoms with Gasteiger partial charge in [-0.3, -0.25) is 14.4 Å². The minimum Gasteiger partial charge on any atom is -0.358 e. The molecule has 2 unspecified atom stereocenters. The molecule has 4 nitrogen and oxygen atoms in total. The third-order valence-corrected chi connectivity index (χ3v) is 8.95. The van der Waals surface area contributed by atoms with Crippen molar-refractivity contribution < 1.29 is 14.4 Å². The Morgan fingerprint density at radius 1 is 1.08 bits per heavy atom. The number of Topliss-reactive ketones (excluding diaryl/α,β-unsaturated/α-hetero) is 2. The highest BCUT2D eigenvalue weighted by Crippen LogP contribution is 2.66. The second kappa shape index (κ2) is 5.92. The van der Waals surface area contributed by atoms with Crippen LogP contribution in [-0.4, -0.2) is 24.5 Å². The summed E-state index contributed by atoms with van der Waals surface area (Å²) < 4.78 is 0. The zero-order valence-corrected chi connectivity index (χ0v) is 15.6. The number of hydrogen-bond donors (Lipinski definition) is 1. The largest absolute Gasteiger partial charge is 0.358 e. The summed E-state index contributed by atoms with van der Waals surface area (Å²) in [6, 6.07) is 0. The molecule has 25 heavy (non-hydrogen) atoms. The van der Waals surface area contributed by atoms with Gasteiger partial charge in [0.25, 0.3) is 0 Å². The monoisotopic (exact) mass is 345 g/mol. The van der Waals surface area contributed by atoms with Crippen molar-refractivity contribution in [1.29, 1.82) is 0 Å². The van der Waals surface area contributed by atoms with Crippen LogP contribution in [0, 0.1) is 40.4 Å². The van der Waals surface area contributed by atoms with Gasteiger partial charge < -0.3 is 5.32 Å². The lowest BCUT2D eigenvalue weighted by Gasteiger charge is -2.61. The number of rotatable bonds is 3. The van der Waals surface area contributed by atoms with E-state index >= 15 is 0 Å². The minimum atomic E-state index is -0.0919. The Kier molecular flexibility index (Phi) is 4.08. The fraction of sp³-hybridized carbons (Fsp3) is 0.857. The number of hydrogen-bond acceptors (Lipinski definition) is 3. The summed E-state index contributed by atoms with van der Waals surface area (Å²) >= 11 is 0. The van der Waals surface area contributed by atoms with Crippen molar-refractivity contribution >= 4 is 18.0 Å². The summed E-state index contributed by atoms with van der Waals surface area (Å²) in [4.78, 5) is 35.7. The average Bonchev–Trinajstić information content (AvgIpc) is 2.89. The van der Waals surface area contributed by atoms with Crippen molar-refractivity contribution in [2.45, 2.75) is 65.2 Å². The summed E-state index contributed by atoms with van der Waals surface area (Å²) in [5.41, 5.74) is 0.0329. The van der Waals surface area contributed by atoms with Gasteiger partial charge in [0.2, 0.25) is 6.41 Å². The summed E-state index contributed by atoms with van der Waals surface area (Å²) in [6.45, 7) is 5.23. The van der Waals surface area contributed by atoms with Crippen molar-refractivity contribution in [3.63, 3.8) is 0 Å². The van der Waals surface area contributed by atoms with Crippen LogP contribution in [0.1, 0.15) is 65.2 Å². The topological polar surface area (TPSA) is 63.2 Å². The second-order valence-corrected chi connectivity index (χ2v) is 9.61. The maximum absolute atomic E-state index is 12.5. The van der Waals surface area contributed by atoms with Gasteiger partial charge in [0.1, 0.15) is 11.6 Å². The maximum atomic E-state index is 12.5. The molecule has 0 aromatic rings. The Labute approximate surface area is 150 Å². The molecule has 0 aromatic heterocycles. The predicted octanol–water partition coefficient (Wildman–Crippen LogP) is 3.14. The second-order valence-electron chi connectivity index (χ2n) is 9.61. The lowest BCUT2D eigenvalue weighted by atomic mass is 9.43. The molecule has 1 N–H and O–H groups in total. The number of carbonyl (C=O) groups excluding carboxylic acids is 3. The maximum Gasteiger partial charge on any atom is 0.207 e. The van der Waals surface area contributed by atoms with Crippen LogP contribution in [0.2, 0.25) is 0 Å². The van der Waals surface area contributed by atoms with Gasteiger partial charge in [-0.2, -0.15) is 0 Å². The van der Waals surface area contributed by atoms with Crippen LogP contribution < -0.4 is 5.32 Å². The first-order chi connectivity index (χ1) is 11.9. The molecule has 4 heteroatoms. The lowest BCUT2D eigenvalue weighted by molar-refractivity contribution is -0.155. The third kappa shape index (κ3) is 2.35. The highest BCUT2D eigenvalue weighted by Gasteiger charge is 2.62. The molecule has 1 amide bonds. The molecule has 0 bridgehead atoms. The van der Waals surface area contributed by atoms with E-state index in [2.05, 4.69) is 19.2 Å². The van der Waals surface area contributed by atoms with E-state index < -0.39 is 0 Å².